The number of hydrogen-bond donors (Lipinski definition) is 0. The van der Waals surface area contributed by atoms with Crippen LogP contribution in [-0.4, -0.2) is 7.18 Å². The van der Waals surface area contributed by atoms with Crippen molar-refractivity contribution in [3.05, 3.63) is 0 Å². The van der Waals surface area contributed by atoms with Crippen molar-refractivity contribution in [2.75, 3.05) is 7.18 Å². The van der Waals surface area contributed by atoms with Crippen molar-refractivity contribution < 1.29 is 8.78 Å². The lowest BCUT2D eigenvalue weighted by atomic mass is 11.4. The number of hydrogen-bond acceptors (Lipinski definition) is 0. The normalized spacial score (nSPS) is 2.00. The molecule has 0 spiro atoms. The SMILES string of the molecule is C.C.C#CF.CF. The van der Waals surface area contributed by atoms with Gasteiger partial charge in [-0.05, 0) is 0 Å². The zero-order valence-electron chi connectivity index (χ0n) is 2.83. The van der Waals surface area contributed by atoms with Gasteiger partial charge in [-0.2, -0.15) is 0 Å². The Hall–Kier alpha value is -0.580. The molecular weight excluding hydrogens is 98.1 g/mol. The van der Waals surface area contributed by atoms with Crippen LogP contribution in [0.4, 0.5) is 8.78 Å². The first-order valence-corrected chi connectivity index (χ1v) is 0.856. The summed E-state index contributed by atoms with van der Waals surface area (Å²) in [5.74, 6) is 0. The smallest absolute Gasteiger partial charge is 0.102 e. The number of rotatable bonds is 0. The Balaban J connectivity index is -0.0000000105. The molecular formula is C5H12F2. The van der Waals surface area contributed by atoms with Crippen LogP contribution in [0.25, 0.3) is 0 Å². The van der Waals surface area contributed by atoms with Crippen molar-refractivity contribution in [1.29, 1.82) is 0 Å². The maximum atomic E-state index is 9.82. The minimum absolute atomic E-state index is 0. The molecule has 0 heterocycles. The fraction of sp³-hybridized carbons (Fsp3) is 0.600. The van der Waals surface area contributed by atoms with E-state index in [1.165, 1.54) is 0 Å². The second-order valence-corrected chi connectivity index (χ2v) is 0.109. The lowest BCUT2D eigenvalue weighted by molar-refractivity contribution is 0.636. The molecule has 2 heteroatoms. The summed E-state index contributed by atoms with van der Waals surface area (Å²) in [6.07, 6.45) is 4.68. The molecule has 0 nitrogen and oxygen atoms in total. The van der Waals surface area contributed by atoms with Gasteiger partial charge in [0.2, 0.25) is 0 Å². The molecule has 0 aromatic carbocycles. The van der Waals surface area contributed by atoms with Gasteiger partial charge in [0.05, 0.1) is 7.18 Å². The molecule has 0 atom stereocenters. The summed E-state index contributed by atoms with van der Waals surface area (Å²) in [7, 11) is 0.500. The van der Waals surface area contributed by atoms with E-state index in [-0.39, 0.29) is 14.9 Å². The van der Waals surface area contributed by atoms with Gasteiger partial charge in [-0.1, -0.05) is 21.3 Å². The standard InChI is InChI=1S/C2HF.CH3F.2CH4/c1-2-3;1-2;;/h1H;1H3;2*1H4. The quantitative estimate of drug-likeness (QED) is 0.420. The molecule has 7 heavy (non-hydrogen) atoms. The van der Waals surface area contributed by atoms with Crippen molar-refractivity contribution >= 4 is 0 Å². The Morgan fingerprint density at radius 2 is 1.29 bits per heavy atom. The fourth-order valence-corrected chi connectivity index (χ4v) is 0. The van der Waals surface area contributed by atoms with Crippen LogP contribution in [-0.2, 0) is 0 Å². The van der Waals surface area contributed by atoms with Crippen LogP contribution in [0.1, 0.15) is 14.9 Å². The van der Waals surface area contributed by atoms with Crippen LogP contribution in [0, 0.1) is 12.6 Å². The van der Waals surface area contributed by atoms with E-state index in [2.05, 4.69) is 6.42 Å². The molecule has 0 radical (unpaired) electrons. The molecule has 0 unspecified atom stereocenters. The maximum absolute atomic E-state index is 9.82. The Labute approximate surface area is 44.5 Å². The Kier molecular flexibility index (Phi) is 2760. The van der Waals surface area contributed by atoms with Gasteiger partial charge in [-0.3, -0.25) is 4.39 Å². The molecule has 0 aromatic heterocycles. The lowest BCUT2D eigenvalue weighted by Gasteiger charge is -1.17. The zero-order chi connectivity index (χ0) is 4.71. The van der Waals surface area contributed by atoms with E-state index in [9.17, 15) is 8.78 Å². The van der Waals surface area contributed by atoms with Crippen LogP contribution in [0.15, 0.2) is 0 Å². The second kappa shape index (κ2) is 600. The van der Waals surface area contributed by atoms with E-state index < -0.39 is 0 Å². The van der Waals surface area contributed by atoms with Crippen molar-refractivity contribution in [2.24, 2.45) is 0 Å². The average molecular weight is 110 g/mol. The van der Waals surface area contributed by atoms with Gasteiger partial charge in [0, 0.05) is 0 Å². The van der Waals surface area contributed by atoms with E-state index in [0.717, 1.165) is 6.17 Å². The van der Waals surface area contributed by atoms with Crippen LogP contribution < -0.4 is 0 Å². The first kappa shape index (κ1) is 32.2. The predicted octanol–water partition coefficient (Wildman–Crippen LogP) is 2.40. The van der Waals surface area contributed by atoms with Crippen molar-refractivity contribution in [2.45, 2.75) is 14.9 Å². The maximum Gasteiger partial charge on any atom is 0.102 e. The highest BCUT2D eigenvalue weighted by Gasteiger charge is 1.15. The molecule has 0 rings (SSSR count). The monoisotopic (exact) mass is 110 g/mol. The van der Waals surface area contributed by atoms with Gasteiger partial charge in [0.15, 0.2) is 0 Å². The van der Waals surface area contributed by atoms with Crippen molar-refractivity contribution in [1.82, 2.24) is 0 Å². The summed E-state index contributed by atoms with van der Waals surface area (Å²) in [4.78, 5) is 0. The fourth-order valence-electron chi connectivity index (χ4n) is 0. The predicted molar refractivity (Wildman–Crippen MR) is 30.4 cm³/mol. The average Bonchev–Trinajstić information content (AvgIpc) is 1.46. The molecule has 0 saturated carbocycles. The molecule has 0 N–H and O–H groups in total. The highest BCUT2D eigenvalue weighted by atomic mass is 19.1. The first-order chi connectivity index (χ1) is 2.41. The van der Waals surface area contributed by atoms with Crippen LogP contribution in [0.5, 0.6) is 0 Å². The number of alkyl halides is 1. The minimum Gasteiger partial charge on any atom is -0.255 e. The van der Waals surface area contributed by atoms with Gasteiger partial charge >= 0.3 is 0 Å². The third-order valence-electron chi connectivity index (χ3n) is 0. The summed E-state index contributed by atoms with van der Waals surface area (Å²) in [5, 5.41) is 0. The highest BCUT2D eigenvalue weighted by Crippen LogP contribution is 1.34. The van der Waals surface area contributed by atoms with Gasteiger partial charge in [-0.15, -0.1) is 4.39 Å². The van der Waals surface area contributed by atoms with Crippen LogP contribution in [0.3, 0.4) is 0 Å². The van der Waals surface area contributed by atoms with E-state index >= 15 is 0 Å². The topological polar surface area (TPSA) is 0 Å². The van der Waals surface area contributed by atoms with Crippen LogP contribution in [0.2, 0.25) is 0 Å². The Bertz CT molecular complexity index is 27.6. The molecule has 0 amide bonds. The molecule has 0 aliphatic heterocycles. The number of terminal acetylenes is 1. The Morgan fingerprint density at radius 1 is 1.29 bits per heavy atom. The molecule has 0 saturated heterocycles. The Morgan fingerprint density at radius 3 is 1.29 bits per heavy atom. The van der Waals surface area contributed by atoms with Gasteiger partial charge in [0.25, 0.3) is 0 Å². The third-order valence-corrected chi connectivity index (χ3v) is 0. The largest absolute Gasteiger partial charge is 0.255 e. The molecule has 0 fully saturated rings. The summed E-state index contributed by atoms with van der Waals surface area (Å²) < 4.78 is 19.3. The van der Waals surface area contributed by atoms with E-state index in [1.54, 1.807) is 0 Å². The number of halogens is 2. The lowest BCUT2D eigenvalue weighted by Crippen LogP contribution is -1.02. The van der Waals surface area contributed by atoms with E-state index in [0.29, 0.717) is 7.18 Å². The summed E-state index contributed by atoms with van der Waals surface area (Å²) in [6.45, 7) is 0. The van der Waals surface area contributed by atoms with Gasteiger partial charge in [-0.25, -0.2) is 0 Å². The summed E-state index contributed by atoms with van der Waals surface area (Å²) >= 11 is 0. The van der Waals surface area contributed by atoms with Gasteiger partial charge < -0.3 is 0 Å². The third kappa shape index (κ3) is 188. The highest BCUT2D eigenvalue weighted by molar-refractivity contribution is 4.63. The van der Waals surface area contributed by atoms with Crippen LogP contribution >= 0.6 is 0 Å². The molecule has 46 valence electrons. The minimum atomic E-state index is 0. The molecule has 0 bridgehead atoms. The summed E-state index contributed by atoms with van der Waals surface area (Å²) in [5.41, 5.74) is 0. The van der Waals surface area contributed by atoms with Gasteiger partial charge in [0.1, 0.15) is 6.17 Å². The van der Waals surface area contributed by atoms with E-state index in [1.807, 2.05) is 0 Å². The zero-order valence-corrected chi connectivity index (χ0v) is 2.83. The molecule has 0 aliphatic carbocycles. The molecule has 0 aromatic rings. The first-order valence-electron chi connectivity index (χ1n) is 0.856. The second-order valence-electron chi connectivity index (χ2n) is 0.109. The van der Waals surface area contributed by atoms with Crippen molar-refractivity contribution in [3.8, 4) is 12.6 Å². The van der Waals surface area contributed by atoms with Crippen molar-refractivity contribution in [3.63, 3.8) is 0 Å². The summed E-state index contributed by atoms with van der Waals surface area (Å²) in [6, 6.07) is 0. The molecule has 0 aliphatic rings. The van der Waals surface area contributed by atoms with E-state index in [4.69, 9.17) is 0 Å².